The number of hydrogen-bond acceptors (Lipinski definition) is 4. The van der Waals surface area contributed by atoms with Crippen LogP contribution in [0.2, 0.25) is 0 Å². The maximum atomic E-state index is 12.6. The minimum atomic E-state index is -4.43. The molecule has 2 aromatic carbocycles. The van der Waals surface area contributed by atoms with E-state index in [4.69, 9.17) is 0 Å². The molecule has 1 aliphatic heterocycles. The van der Waals surface area contributed by atoms with Gasteiger partial charge in [0.25, 0.3) is 10.0 Å². The summed E-state index contributed by atoms with van der Waals surface area (Å²) in [5.41, 5.74) is 0.0256. The monoisotopic (exact) mass is 453 g/mol. The minimum absolute atomic E-state index is 0.0418. The van der Waals surface area contributed by atoms with Crippen LogP contribution >= 0.6 is 0 Å². The summed E-state index contributed by atoms with van der Waals surface area (Å²) >= 11 is 0. The van der Waals surface area contributed by atoms with Gasteiger partial charge in [0.2, 0.25) is 5.91 Å². The van der Waals surface area contributed by atoms with Crippen LogP contribution in [0.15, 0.2) is 58.4 Å². The molecule has 0 radical (unpaired) electrons. The number of hydrogen-bond donors (Lipinski definition) is 2. The Kier molecular flexibility index (Phi) is 6.99. The number of amidine groups is 1. The second-order valence-electron chi connectivity index (χ2n) is 7.19. The fourth-order valence-corrected chi connectivity index (χ4v) is 4.18. The van der Waals surface area contributed by atoms with Crippen molar-refractivity contribution in [2.75, 3.05) is 11.9 Å². The van der Waals surface area contributed by atoms with Crippen molar-refractivity contribution >= 4 is 27.5 Å². The fourth-order valence-electron chi connectivity index (χ4n) is 3.09. The molecule has 1 amide bonds. The van der Waals surface area contributed by atoms with Crippen LogP contribution in [0, 0.1) is 0 Å². The average Bonchev–Trinajstić information content (AvgIpc) is 2.96. The summed E-state index contributed by atoms with van der Waals surface area (Å²) in [5.74, 6) is 0.0210. The number of alkyl halides is 3. The van der Waals surface area contributed by atoms with Crippen molar-refractivity contribution < 1.29 is 26.4 Å². The normalized spacial score (nSPS) is 15.0. The maximum absolute atomic E-state index is 12.6. The van der Waals surface area contributed by atoms with E-state index in [1.54, 1.807) is 0 Å². The van der Waals surface area contributed by atoms with Crippen molar-refractivity contribution in [3.8, 4) is 0 Å². The van der Waals surface area contributed by atoms with Gasteiger partial charge in [0, 0.05) is 18.7 Å². The van der Waals surface area contributed by atoms with Crippen molar-refractivity contribution in [2.24, 2.45) is 4.99 Å². The molecule has 0 bridgehead atoms. The van der Waals surface area contributed by atoms with Gasteiger partial charge >= 0.3 is 6.18 Å². The Hall–Kier alpha value is -2.88. The molecule has 6 nitrogen and oxygen atoms in total. The van der Waals surface area contributed by atoms with Crippen LogP contribution in [0.1, 0.15) is 36.8 Å². The molecule has 0 fully saturated rings. The van der Waals surface area contributed by atoms with Gasteiger partial charge in [0.15, 0.2) is 0 Å². The van der Waals surface area contributed by atoms with Crippen molar-refractivity contribution in [3.63, 3.8) is 0 Å². The maximum Gasteiger partial charge on any atom is 0.416 e. The van der Waals surface area contributed by atoms with E-state index in [9.17, 15) is 26.4 Å². The van der Waals surface area contributed by atoms with Gasteiger partial charge < -0.3 is 5.32 Å². The summed E-state index contributed by atoms with van der Waals surface area (Å²) in [6.45, 7) is 0.599. The first-order valence-corrected chi connectivity index (χ1v) is 11.2. The van der Waals surface area contributed by atoms with E-state index < -0.39 is 27.7 Å². The van der Waals surface area contributed by atoms with Crippen LogP contribution in [-0.2, 0) is 27.4 Å². The number of sulfonamides is 1. The van der Waals surface area contributed by atoms with Gasteiger partial charge in [-0.05, 0) is 54.8 Å². The molecular formula is C21H22F3N3O3S. The number of nitrogens with one attached hydrogen (secondary N) is 2. The van der Waals surface area contributed by atoms with Crippen molar-refractivity contribution in [2.45, 2.75) is 43.2 Å². The summed E-state index contributed by atoms with van der Waals surface area (Å²) in [7, 11) is -3.77. The van der Waals surface area contributed by atoms with Crippen LogP contribution in [0.3, 0.4) is 0 Å². The molecule has 31 heavy (non-hydrogen) atoms. The van der Waals surface area contributed by atoms with E-state index in [1.807, 2.05) is 0 Å². The number of nitrogens with zero attached hydrogens (tertiary/aromatic N) is 1. The highest BCUT2D eigenvalue weighted by Gasteiger charge is 2.30. The van der Waals surface area contributed by atoms with Gasteiger partial charge in [-0.15, -0.1) is 0 Å². The van der Waals surface area contributed by atoms with Gasteiger partial charge in [-0.2, -0.15) is 13.2 Å². The first-order valence-electron chi connectivity index (χ1n) is 9.76. The lowest BCUT2D eigenvalue weighted by Gasteiger charge is -2.11. The van der Waals surface area contributed by atoms with E-state index in [0.29, 0.717) is 30.1 Å². The Morgan fingerprint density at radius 1 is 0.968 bits per heavy atom. The fraction of sp³-hybridized carbons (Fsp3) is 0.333. The predicted molar refractivity (Wildman–Crippen MR) is 111 cm³/mol. The van der Waals surface area contributed by atoms with Gasteiger partial charge in [-0.25, -0.2) is 8.42 Å². The van der Waals surface area contributed by atoms with Crippen molar-refractivity contribution in [1.82, 2.24) is 4.72 Å². The number of amides is 1. The molecule has 10 heteroatoms. The van der Waals surface area contributed by atoms with Crippen LogP contribution in [0.5, 0.6) is 0 Å². The number of anilines is 1. The first-order chi connectivity index (χ1) is 14.6. The smallest absolute Gasteiger partial charge is 0.326 e. The molecule has 3 rings (SSSR count). The number of carbonyl (C=O) groups is 1. The Morgan fingerprint density at radius 3 is 2.29 bits per heavy atom. The number of aliphatic imine (C=N–C) groups is 1. The SMILES string of the molecule is O=C(Cc1ccc(C(F)(F)F)cc1)Nc1ccc(S(=O)(=O)NC2=NCCCCC2)cc1. The molecular weight excluding hydrogens is 431 g/mol. The second kappa shape index (κ2) is 9.51. The number of rotatable bonds is 5. The quantitative estimate of drug-likeness (QED) is 0.713. The summed E-state index contributed by atoms with van der Waals surface area (Å²) in [4.78, 5) is 16.5. The molecule has 2 aromatic rings. The van der Waals surface area contributed by atoms with Gasteiger partial charge in [-0.1, -0.05) is 18.6 Å². The third-order valence-electron chi connectivity index (χ3n) is 4.72. The van der Waals surface area contributed by atoms with Crippen LogP contribution in [0.4, 0.5) is 18.9 Å². The molecule has 0 atom stereocenters. The zero-order valence-electron chi connectivity index (χ0n) is 16.6. The number of carbonyl (C=O) groups excluding carboxylic acids is 1. The van der Waals surface area contributed by atoms with E-state index in [1.165, 1.54) is 36.4 Å². The summed E-state index contributed by atoms with van der Waals surface area (Å²) in [6.07, 6.45) is -1.13. The molecule has 0 unspecified atom stereocenters. The van der Waals surface area contributed by atoms with Crippen molar-refractivity contribution in [3.05, 3.63) is 59.7 Å². The van der Waals surface area contributed by atoms with Crippen LogP contribution < -0.4 is 10.0 Å². The summed E-state index contributed by atoms with van der Waals surface area (Å²) in [5, 5.41) is 2.60. The largest absolute Gasteiger partial charge is 0.416 e. The second-order valence-corrected chi connectivity index (χ2v) is 8.87. The predicted octanol–water partition coefficient (Wildman–Crippen LogP) is 4.14. The highest BCUT2D eigenvalue weighted by atomic mass is 32.2. The molecule has 0 spiro atoms. The topological polar surface area (TPSA) is 87.6 Å². The Balaban J connectivity index is 1.59. The zero-order chi connectivity index (χ0) is 22.5. The van der Waals surface area contributed by atoms with Gasteiger partial charge in [-0.3, -0.25) is 14.5 Å². The highest BCUT2D eigenvalue weighted by molar-refractivity contribution is 7.90. The van der Waals surface area contributed by atoms with Crippen LogP contribution in [-0.4, -0.2) is 26.7 Å². The third-order valence-corrected chi connectivity index (χ3v) is 6.12. The lowest BCUT2D eigenvalue weighted by molar-refractivity contribution is -0.137. The average molecular weight is 453 g/mol. The minimum Gasteiger partial charge on any atom is -0.326 e. The Bertz CT molecular complexity index is 1050. The van der Waals surface area contributed by atoms with Crippen molar-refractivity contribution in [1.29, 1.82) is 0 Å². The van der Waals surface area contributed by atoms with Gasteiger partial charge in [0.1, 0.15) is 5.84 Å². The molecule has 0 saturated heterocycles. The van der Waals surface area contributed by atoms with E-state index in [-0.39, 0.29) is 11.3 Å². The molecule has 0 saturated carbocycles. The van der Waals surface area contributed by atoms with E-state index >= 15 is 0 Å². The molecule has 1 heterocycles. The lowest BCUT2D eigenvalue weighted by Crippen LogP contribution is -2.30. The first kappa shape index (κ1) is 22.8. The van der Waals surface area contributed by atoms with E-state index in [0.717, 1.165) is 31.4 Å². The highest BCUT2D eigenvalue weighted by Crippen LogP contribution is 2.29. The molecule has 0 aromatic heterocycles. The molecule has 1 aliphatic rings. The third kappa shape index (κ3) is 6.55. The van der Waals surface area contributed by atoms with E-state index in [2.05, 4.69) is 15.0 Å². The number of benzene rings is 2. The number of halogens is 3. The van der Waals surface area contributed by atoms with Crippen LogP contribution in [0.25, 0.3) is 0 Å². The Labute approximate surface area is 178 Å². The summed E-state index contributed by atoms with van der Waals surface area (Å²) < 4.78 is 65.4. The zero-order valence-corrected chi connectivity index (χ0v) is 17.4. The standard InChI is InChI=1S/C21H22F3N3O3S/c22-21(23,24)16-7-5-15(6-8-16)14-20(28)26-17-9-11-18(12-10-17)31(29,30)27-19-4-2-1-3-13-25-19/h5-12H,1-4,13-14H2,(H,25,27)(H,26,28). The Morgan fingerprint density at radius 2 is 1.65 bits per heavy atom. The molecule has 166 valence electrons. The lowest BCUT2D eigenvalue weighted by atomic mass is 10.1. The van der Waals surface area contributed by atoms with Gasteiger partial charge in [0.05, 0.1) is 16.9 Å². The molecule has 0 aliphatic carbocycles. The summed E-state index contributed by atoms with van der Waals surface area (Å²) in [6, 6.07) is 9.99. The molecule has 2 N–H and O–H groups in total.